The van der Waals surface area contributed by atoms with Crippen LogP contribution in [-0.4, -0.2) is 41.5 Å². The molecule has 1 aliphatic rings. The van der Waals surface area contributed by atoms with E-state index in [1.807, 2.05) is 0 Å². The minimum Gasteiger partial charge on any atom is -0.332 e. The van der Waals surface area contributed by atoms with Crippen molar-refractivity contribution in [1.29, 1.82) is 0 Å². The molecule has 4 N–H and O–H groups in total. The number of carbonyl (C=O) groups is 2. The number of benzene rings is 3. The molecule has 38 heavy (non-hydrogen) atoms. The molecule has 3 aromatic carbocycles. The van der Waals surface area contributed by atoms with Crippen molar-refractivity contribution in [3.63, 3.8) is 0 Å². The van der Waals surface area contributed by atoms with E-state index in [0.29, 0.717) is 39.4 Å². The number of carbonyl (C=O) groups excluding carboxylic acids is 2. The fourth-order valence-electron chi connectivity index (χ4n) is 4.16. The summed E-state index contributed by atoms with van der Waals surface area (Å²) in [6.07, 6.45) is 4.68. The molecule has 198 valence electrons. The summed E-state index contributed by atoms with van der Waals surface area (Å²) in [5.74, 6) is -1.19. The van der Waals surface area contributed by atoms with Gasteiger partial charge in [-0.05, 0) is 92.7 Å². The number of thiocarbonyl (C=S) groups is 1. The molecule has 1 heterocycles. The molecule has 1 aliphatic heterocycles. The van der Waals surface area contributed by atoms with Crippen LogP contribution in [0, 0.1) is 5.82 Å². The monoisotopic (exact) mass is 553 g/mol. The molecule has 0 spiro atoms. The first-order valence-electron chi connectivity index (χ1n) is 12.4. The molecule has 0 bridgehead atoms. The molecule has 2 amide bonds. The molecule has 10 heteroatoms. The first-order valence-corrected chi connectivity index (χ1v) is 13.2. The number of anilines is 4. The second-order valence-electron chi connectivity index (χ2n) is 9.02. The van der Waals surface area contributed by atoms with Gasteiger partial charge < -0.3 is 21.3 Å². The van der Waals surface area contributed by atoms with Crippen molar-refractivity contribution in [3.8, 4) is 0 Å². The highest BCUT2D eigenvalue weighted by Crippen LogP contribution is 2.26. The maximum atomic E-state index is 13.8. The number of halogens is 2. The van der Waals surface area contributed by atoms with Gasteiger partial charge in [-0.1, -0.05) is 36.6 Å². The zero-order valence-electron chi connectivity index (χ0n) is 20.7. The summed E-state index contributed by atoms with van der Waals surface area (Å²) in [7, 11) is 0. The number of amides is 2. The normalized spacial score (nSPS) is 13.7. The van der Waals surface area contributed by atoms with Crippen molar-refractivity contribution in [2.45, 2.75) is 25.7 Å². The van der Waals surface area contributed by atoms with E-state index in [9.17, 15) is 14.0 Å². The number of rotatable bonds is 7. The Labute approximate surface area is 231 Å². The quantitative estimate of drug-likeness (QED) is 0.255. The van der Waals surface area contributed by atoms with Crippen LogP contribution in [0.15, 0.2) is 66.7 Å². The van der Waals surface area contributed by atoms with Crippen LogP contribution < -0.4 is 21.3 Å². The van der Waals surface area contributed by atoms with Crippen LogP contribution in [0.2, 0.25) is 5.02 Å². The highest BCUT2D eigenvalue weighted by Gasteiger charge is 2.15. The van der Waals surface area contributed by atoms with E-state index in [0.717, 1.165) is 25.9 Å². The Bertz CT molecular complexity index is 1300. The van der Waals surface area contributed by atoms with Gasteiger partial charge in [0.1, 0.15) is 5.82 Å². The van der Waals surface area contributed by atoms with Gasteiger partial charge in [0.05, 0.1) is 22.8 Å². The predicted molar refractivity (Wildman–Crippen MR) is 156 cm³/mol. The van der Waals surface area contributed by atoms with Crippen molar-refractivity contribution >= 4 is 63.5 Å². The van der Waals surface area contributed by atoms with Gasteiger partial charge in [-0.3, -0.25) is 14.5 Å². The van der Waals surface area contributed by atoms with E-state index in [4.69, 9.17) is 23.8 Å². The fraction of sp³-hybridized carbons (Fsp3) is 0.250. The van der Waals surface area contributed by atoms with Gasteiger partial charge in [0.25, 0.3) is 5.91 Å². The van der Waals surface area contributed by atoms with Crippen LogP contribution in [0.1, 0.15) is 36.0 Å². The highest BCUT2D eigenvalue weighted by molar-refractivity contribution is 7.80. The molecule has 0 atom stereocenters. The van der Waals surface area contributed by atoms with Gasteiger partial charge in [0.2, 0.25) is 5.91 Å². The average molecular weight is 554 g/mol. The summed E-state index contributed by atoms with van der Waals surface area (Å²) >= 11 is 11.8. The SMILES string of the molecule is O=C(CN1CCCCCC1)Nc1ccc(NC(=S)Nc2ccc(NC(=O)c3ccccc3F)cc2)cc1Cl. The lowest BCUT2D eigenvalue weighted by Gasteiger charge is -2.19. The third-order valence-electron chi connectivity index (χ3n) is 6.09. The van der Waals surface area contributed by atoms with Crippen molar-refractivity contribution in [2.75, 3.05) is 40.9 Å². The smallest absolute Gasteiger partial charge is 0.258 e. The Morgan fingerprint density at radius 2 is 1.42 bits per heavy atom. The van der Waals surface area contributed by atoms with E-state index in [2.05, 4.69) is 26.2 Å². The number of hydrogen-bond acceptors (Lipinski definition) is 4. The second kappa shape index (κ2) is 13.3. The zero-order chi connectivity index (χ0) is 26.9. The largest absolute Gasteiger partial charge is 0.332 e. The Kier molecular flexibility index (Phi) is 9.64. The molecular weight excluding hydrogens is 525 g/mol. The molecule has 4 rings (SSSR count). The number of nitrogens with one attached hydrogen (secondary N) is 4. The van der Waals surface area contributed by atoms with Crippen LogP contribution in [0.25, 0.3) is 0 Å². The molecule has 7 nitrogen and oxygen atoms in total. The number of nitrogens with zero attached hydrogens (tertiary/aromatic N) is 1. The average Bonchev–Trinajstić information content (AvgIpc) is 3.15. The van der Waals surface area contributed by atoms with E-state index < -0.39 is 11.7 Å². The van der Waals surface area contributed by atoms with Gasteiger partial charge in [-0.25, -0.2) is 4.39 Å². The fourth-order valence-corrected chi connectivity index (χ4v) is 4.62. The van der Waals surface area contributed by atoms with E-state index in [1.165, 1.54) is 31.0 Å². The van der Waals surface area contributed by atoms with Gasteiger partial charge in [-0.15, -0.1) is 0 Å². The molecule has 0 saturated carbocycles. The van der Waals surface area contributed by atoms with Crippen LogP contribution in [0.3, 0.4) is 0 Å². The lowest BCUT2D eigenvalue weighted by molar-refractivity contribution is -0.117. The molecule has 0 radical (unpaired) electrons. The van der Waals surface area contributed by atoms with Crippen LogP contribution in [-0.2, 0) is 4.79 Å². The lowest BCUT2D eigenvalue weighted by Crippen LogP contribution is -2.34. The molecule has 3 aromatic rings. The van der Waals surface area contributed by atoms with E-state index in [-0.39, 0.29) is 11.5 Å². The number of hydrogen-bond donors (Lipinski definition) is 4. The third-order valence-corrected chi connectivity index (χ3v) is 6.60. The van der Waals surface area contributed by atoms with Gasteiger partial charge in [0, 0.05) is 17.1 Å². The van der Waals surface area contributed by atoms with Crippen molar-refractivity contribution in [2.24, 2.45) is 0 Å². The Morgan fingerprint density at radius 3 is 2.08 bits per heavy atom. The summed E-state index contributed by atoms with van der Waals surface area (Å²) in [4.78, 5) is 26.9. The van der Waals surface area contributed by atoms with Gasteiger partial charge in [0.15, 0.2) is 5.11 Å². The molecular formula is C28H29ClFN5O2S. The summed E-state index contributed by atoms with van der Waals surface area (Å²) in [5.41, 5.74) is 2.38. The first kappa shape index (κ1) is 27.5. The van der Waals surface area contributed by atoms with Crippen molar-refractivity contribution in [3.05, 3.63) is 83.1 Å². The summed E-state index contributed by atoms with van der Waals surface area (Å²) in [6.45, 7) is 2.24. The van der Waals surface area contributed by atoms with E-state index >= 15 is 0 Å². The first-order chi connectivity index (χ1) is 18.4. The molecule has 0 aromatic heterocycles. The zero-order valence-corrected chi connectivity index (χ0v) is 22.3. The minimum atomic E-state index is -0.581. The van der Waals surface area contributed by atoms with Crippen LogP contribution in [0.4, 0.5) is 27.1 Å². The maximum absolute atomic E-state index is 13.8. The van der Waals surface area contributed by atoms with Crippen LogP contribution >= 0.6 is 23.8 Å². The molecule has 0 aliphatic carbocycles. The topological polar surface area (TPSA) is 85.5 Å². The standard InChI is InChI=1S/C28H29ClFN5O2S/c29-23-17-21(13-14-25(23)34-26(36)18-35-15-5-1-2-6-16-35)33-28(38)32-20-11-9-19(10-12-20)31-27(37)22-7-3-4-8-24(22)30/h3-4,7-14,17H,1-2,5-6,15-16,18H2,(H,31,37)(H,34,36)(H2,32,33,38). The molecule has 0 unspecified atom stereocenters. The number of likely N-dealkylation sites (tertiary alicyclic amines) is 1. The minimum absolute atomic E-state index is 0.0262. The van der Waals surface area contributed by atoms with Gasteiger partial charge >= 0.3 is 0 Å². The summed E-state index contributed by atoms with van der Waals surface area (Å²) in [5, 5.41) is 12.4. The van der Waals surface area contributed by atoms with E-state index in [1.54, 1.807) is 48.5 Å². The molecule has 1 fully saturated rings. The Morgan fingerprint density at radius 1 is 0.816 bits per heavy atom. The van der Waals surface area contributed by atoms with Crippen molar-refractivity contribution in [1.82, 2.24) is 4.90 Å². The molecule has 1 saturated heterocycles. The summed E-state index contributed by atoms with van der Waals surface area (Å²) in [6, 6.07) is 17.9. The van der Waals surface area contributed by atoms with Crippen LogP contribution in [0.5, 0.6) is 0 Å². The van der Waals surface area contributed by atoms with Gasteiger partial charge in [-0.2, -0.15) is 0 Å². The Balaban J connectivity index is 1.27. The third kappa shape index (κ3) is 7.98. The van der Waals surface area contributed by atoms with Crippen molar-refractivity contribution < 1.29 is 14.0 Å². The highest BCUT2D eigenvalue weighted by atomic mass is 35.5. The lowest BCUT2D eigenvalue weighted by atomic mass is 10.2. The summed E-state index contributed by atoms with van der Waals surface area (Å²) < 4.78 is 13.8. The Hall–Kier alpha value is -3.53. The second-order valence-corrected chi connectivity index (χ2v) is 9.84. The maximum Gasteiger partial charge on any atom is 0.258 e. The predicted octanol–water partition coefficient (Wildman–Crippen LogP) is 6.35.